The van der Waals surface area contributed by atoms with Gasteiger partial charge in [-0.3, -0.25) is 0 Å². The van der Waals surface area contributed by atoms with E-state index in [-0.39, 0.29) is 0 Å². The van der Waals surface area contributed by atoms with Crippen molar-refractivity contribution in [3.63, 3.8) is 0 Å². The van der Waals surface area contributed by atoms with Crippen LogP contribution in [0.25, 0.3) is 0 Å². The largest absolute Gasteiger partial charge is 0.203 e. The predicted molar refractivity (Wildman–Crippen MR) is 66.1 cm³/mol. The van der Waals surface area contributed by atoms with Crippen molar-refractivity contribution in [2.45, 2.75) is 45.2 Å². The van der Waals surface area contributed by atoms with Crippen molar-refractivity contribution >= 4 is 7.28 Å². The minimum atomic E-state index is -2.11. The zero-order valence-electron chi connectivity index (χ0n) is 11.2. The van der Waals surface area contributed by atoms with Crippen LogP contribution in [0.5, 0.6) is 0 Å². The molecule has 0 aromatic heterocycles. The van der Waals surface area contributed by atoms with E-state index in [1.807, 2.05) is 6.92 Å². The van der Waals surface area contributed by atoms with Gasteiger partial charge in [0.25, 0.3) is 0 Å². The van der Waals surface area contributed by atoms with Gasteiger partial charge < -0.3 is 0 Å². The van der Waals surface area contributed by atoms with Gasteiger partial charge in [-0.15, -0.1) is 0 Å². The van der Waals surface area contributed by atoms with E-state index in [1.54, 1.807) is 0 Å². The van der Waals surface area contributed by atoms with Crippen LogP contribution in [0.2, 0.25) is 6.32 Å². The third kappa shape index (κ3) is 3.10. The Morgan fingerprint density at radius 3 is 1.68 bits per heavy atom. The minimum Gasteiger partial charge on any atom is -0.203 e. The van der Waals surface area contributed by atoms with Gasteiger partial charge in [-0.1, -0.05) is 39.9 Å². The topological polar surface area (TPSA) is 0 Å². The van der Waals surface area contributed by atoms with E-state index in [1.165, 1.54) is 13.8 Å². The van der Waals surface area contributed by atoms with Gasteiger partial charge in [0.05, 0.1) is 0 Å². The lowest BCUT2D eigenvalue weighted by molar-refractivity contribution is 0.362. The Morgan fingerprint density at radius 2 is 1.26 bits per heavy atom. The Morgan fingerprint density at radius 1 is 0.842 bits per heavy atom. The quantitative estimate of drug-likeness (QED) is 0.248. The molecule has 106 valence electrons. The summed E-state index contributed by atoms with van der Waals surface area (Å²) in [5, 5.41) is -1.10. The highest BCUT2D eigenvalue weighted by Gasteiger charge is 2.34. The van der Waals surface area contributed by atoms with Crippen molar-refractivity contribution in [2.24, 2.45) is 0 Å². The highest BCUT2D eigenvalue weighted by Crippen LogP contribution is 2.32. The summed E-state index contributed by atoms with van der Waals surface area (Å²) in [6, 6.07) is 0. The molecule has 0 nitrogen and oxygen atoms in total. The number of hydrogen-bond acceptors (Lipinski definition) is 0. The molecule has 0 spiro atoms. The number of rotatable bonds is 5. The zero-order valence-corrected chi connectivity index (χ0v) is 11.2. The average molecular weight is 278 g/mol. The summed E-state index contributed by atoms with van der Waals surface area (Å²) in [5.74, 6) is -9.31. The van der Waals surface area contributed by atoms with Crippen molar-refractivity contribution in [1.29, 1.82) is 0 Å². The van der Waals surface area contributed by atoms with Gasteiger partial charge in [-0.05, 0) is 5.31 Å². The van der Waals surface area contributed by atoms with Crippen LogP contribution in [0.1, 0.15) is 39.2 Å². The van der Waals surface area contributed by atoms with Crippen LogP contribution in [-0.2, 0) is 5.31 Å². The van der Waals surface area contributed by atoms with E-state index >= 15 is 0 Å². The lowest BCUT2D eigenvalue weighted by Gasteiger charge is -2.25. The molecule has 0 aliphatic carbocycles. The zero-order chi connectivity index (χ0) is 14.8. The summed E-state index contributed by atoms with van der Waals surface area (Å²) in [5.41, 5.74) is -0.722. The Balaban J connectivity index is 3.26. The Bertz CT molecular complexity index is 442. The summed E-state index contributed by atoms with van der Waals surface area (Å²) in [6.07, 6.45) is 2.43. The van der Waals surface area contributed by atoms with Crippen LogP contribution in [-0.4, -0.2) is 7.28 Å². The highest BCUT2D eigenvalue weighted by molar-refractivity contribution is 6.39. The van der Waals surface area contributed by atoms with Crippen LogP contribution < -0.4 is 0 Å². The van der Waals surface area contributed by atoms with Crippen molar-refractivity contribution in [3.8, 4) is 0 Å². The molecule has 1 aromatic carbocycles. The molecule has 0 saturated carbocycles. The molecule has 0 fully saturated rings. The molecule has 0 saturated heterocycles. The average Bonchev–Trinajstić information content (AvgIpc) is 2.34. The van der Waals surface area contributed by atoms with Crippen molar-refractivity contribution < 1.29 is 22.0 Å². The molecule has 6 heteroatoms. The second-order valence-corrected chi connectivity index (χ2v) is 5.29. The monoisotopic (exact) mass is 278 g/mol. The molecule has 0 amide bonds. The summed E-state index contributed by atoms with van der Waals surface area (Å²) >= 11 is 0. The van der Waals surface area contributed by atoms with E-state index in [9.17, 15) is 22.0 Å². The van der Waals surface area contributed by atoms with Gasteiger partial charge >= 0.3 is 0 Å². The first-order valence-electron chi connectivity index (χ1n) is 6.26. The summed E-state index contributed by atoms with van der Waals surface area (Å²) in [6.45, 7) is 4.94. The van der Waals surface area contributed by atoms with Gasteiger partial charge in [0, 0.05) is 5.56 Å². The third-order valence-electron chi connectivity index (χ3n) is 3.29. The minimum absolute atomic E-state index is 0.360. The molecule has 0 aliphatic rings. The predicted octanol–water partition coefficient (Wildman–Crippen LogP) is 4.27. The summed E-state index contributed by atoms with van der Waals surface area (Å²) in [4.78, 5) is 0. The van der Waals surface area contributed by atoms with Crippen LogP contribution in [0.3, 0.4) is 0 Å². The first kappa shape index (κ1) is 16.0. The first-order valence-corrected chi connectivity index (χ1v) is 6.26. The lowest BCUT2D eigenvalue weighted by Crippen LogP contribution is -2.30. The van der Waals surface area contributed by atoms with E-state index in [0.717, 1.165) is 12.8 Å². The van der Waals surface area contributed by atoms with Crippen molar-refractivity contribution in [3.05, 3.63) is 34.6 Å². The Labute approximate surface area is 110 Å². The van der Waals surface area contributed by atoms with E-state index in [2.05, 4.69) is 0 Å². The maximum Gasteiger partial charge on any atom is 0.200 e. The maximum absolute atomic E-state index is 13.7. The SMILES string of the molecule is CCCCBC(C)(C)c1c(F)c(F)c(F)c(F)c1F. The fraction of sp³-hybridized carbons (Fsp3) is 0.538. The standard InChI is InChI=1S/C13H16BF5/c1-4-5-6-14-13(2,3)7-8(15)10(17)12(19)11(18)9(7)16/h14H,4-6H2,1-3H3. The maximum atomic E-state index is 13.7. The van der Waals surface area contributed by atoms with Gasteiger partial charge in [0.1, 0.15) is 7.28 Å². The Hall–Kier alpha value is -1.07. The van der Waals surface area contributed by atoms with Crippen LogP contribution in [0.4, 0.5) is 22.0 Å². The van der Waals surface area contributed by atoms with E-state index < -0.39 is 40.0 Å². The number of halogens is 5. The normalized spacial score (nSPS) is 11.8. The fourth-order valence-electron chi connectivity index (χ4n) is 2.14. The second kappa shape index (κ2) is 5.93. The molecule has 0 aliphatic heterocycles. The Kier molecular flexibility index (Phi) is 4.99. The molecule has 0 heterocycles. The van der Waals surface area contributed by atoms with Gasteiger partial charge in [-0.25, -0.2) is 22.0 Å². The van der Waals surface area contributed by atoms with Gasteiger partial charge in [0.2, 0.25) is 5.82 Å². The number of unbranched alkanes of at least 4 members (excludes halogenated alkanes) is 1. The molecule has 0 atom stereocenters. The van der Waals surface area contributed by atoms with Gasteiger partial charge in [-0.2, -0.15) is 0 Å². The molecule has 0 unspecified atom stereocenters. The molecule has 19 heavy (non-hydrogen) atoms. The molecule has 1 aromatic rings. The first-order chi connectivity index (χ1) is 8.74. The van der Waals surface area contributed by atoms with E-state index in [0.29, 0.717) is 13.6 Å². The summed E-state index contributed by atoms with van der Waals surface area (Å²) in [7, 11) is 0.360. The molecular formula is C13H16BF5. The third-order valence-corrected chi connectivity index (χ3v) is 3.29. The number of benzene rings is 1. The van der Waals surface area contributed by atoms with Gasteiger partial charge in [0.15, 0.2) is 23.3 Å². The fourth-order valence-corrected chi connectivity index (χ4v) is 2.14. The highest BCUT2D eigenvalue weighted by atomic mass is 19.2. The lowest BCUT2D eigenvalue weighted by atomic mass is 9.49. The smallest absolute Gasteiger partial charge is 0.200 e. The second-order valence-electron chi connectivity index (χ2n) is 5.29. The van der Waals surface area contributed by atoms with E-state index in [4.69, 9.17) is 0 Å². The molecule has 0 bridgehead atoms. The van der Waals surface area contributed by atoms with Crippen LogP contribution in [0.15, 0.2) is 0 Å². The van der Waals surface area contributed by atoms with Crippen LogP contribution in [0, 0.1) is 29.1 Å². The molecule has 1 rings (SSSR count). The van der Waals surface area contributed by atoms with Crippen LogP contribution >= 0.6 is 0 Å². The molecule has 0 radical (unpaired) electrons. The summed E-state index contributed by atoms with van der Waals surface area (Å²) < 4.78 is 66.7. The molecular weight excluding hydrogens is 262 g/mol. The van der Waals surface area contributed by atoms with Crippen molar-refractivity contribution in [2.75, 3.05) is 0 Å². The molecule has 0 N–H and O–H groups in total. The van der Waals surface area contributed by atoms with Crippen molar-refractivity contribution in [1.82, 2.24) is 0 Å². The number of hydrogen-bond donors (Lipinski definition) is 0.